The van der Waals surface area contributed by atoms with Gasteiger partial charge in [-0.15, -0.1) is 0 Å². The lowest BCUT2D eigenvalue weighted by molar-refractivity contribution is -0.133. The maximum atomic E-state index is 13.2. The number of fused-ring (bicyclic) bond motifs is 2. The molecule has 3 heterocycles. The highest BCUT2D eigenvalue weighted by Gasteiger charge is 2.37. The molecule has 3 aliphatic heterocycles. The third kappa shape index (κ3) is 4.29. The van der Waals surface area contributed by atoms with Crippen molar-refractivity contribution >= 4 is 11.8 Å². The van der Waals surface area contributed by atoms with Crippen LogP contribution in [0.15, 0.2) is 42.5 Å². The molecule has 1 saturated heterocycles. The van der Waals surface area contributed by atoms with Gasteiger partial charge in [-0.2, -0.15) is 0 Å². The van der Waals surface area contributed by atoms with Crippen LogP contribution in [0.4, 0.5) is 0 Å². The summed E-state index contributed by atoms with van der Waals surface area (Å²) in [6.45, 7) is 4.28. The van der Waals surface area contributed by atoms with Crippen LogP contribution in [0.5, 0.6) is 11.5 Å². The van der Waals surface area contributed by atoms with Crippen molar-refractivity contribution in [3.05, 3.63) is 59.2 Å². The van der Waals surface area contributed by atoms with Crippen molar-refractivity contribution < 1.29 is 23.8 Å². The molecule has 33 heavy (non-hydrogen) atoms. The number of hydrogen-bond donors (Lipinski definition) is 1. The Hall–Kier alpha value is -3.06. The van der Waals surface area contributed by atoms with Gasteiger partial charge in [0.1, 0.15) is 0 Å². The first-order valence-corrected chi connectivity index (χ1v) is 11.7. The normalized spacial score (nSPS) is 20.8. The molecular formula is C26H30N2O5. The molecule has 0 aliphatic carbocycles. The molecule has 0 aromatic heterocycles. The molecule has 174 valence electrons. The van der Waals surface area contributed by atoms with E-state index in [0.717, 1.165) is 41.9 Å². The van der Waals surface area contributed by atoms with Crippen LogP contribution in [0.25, 0.3) is 0 Å². The van der Waals surface area contributed by atoms with E-state index in [1.807, 2.05) is 35.2 Å². The van der Waals surface area contributed by atoms with E-state index < -0.39 is 0 Å². The molecule has 2 aromatic rings. The van der Waals surface area contributed by atoms with Gasteiger partial charge in [0.05, 0.1) is 12.5 Å². The topological polar surface area (TPSA) is 77.1 Å². The quantitative estimate of drug-likeness (QED) is 0.758. The van der Waals surface area contributed by atoms with E-state index in [9.17, 15) is 9.59 Å². The van der Waals surface area contributed by atoms with Gasteiger partial charge < -0.3 is 24.4 Å². The summed E-state index contributed by atoms with van der Waals surface area (Å²) in [7, 11) is 0. The Morgan fingerprint density at radius 2 is 1.88 bits per heavy atom. The third-order valence-corrected chi connectivity index (χ3v) is 7.25. The zero-order valence-corrected chi connectivity index (χ0v) is 19.0. The van der Waals surface area contributed by atoms with Gasteiger partial charge in [-0.25, -0.2) is 0 Å². The highest BCUT2D eigenvalue weighted by Crippen LogP contribution is 2.41. The van der Waals surface area contributed by atoms with Gasteiger partial charge in [0, 0.05) is 38.6 Å². The van der Waals surface area contributed by atoms with Crippen LogP contribution < -0.4 is 14.8 Å². The van der Waals surface area contributed by atoms with E-state index in [-0.39, 0.29) is 36.5 Å². The summed E-state index contributed by atoms with van der Waals surface area (Å²) >= 11 is 0. The molecule has 0 radical (unpaired) electrons. The lowest BCUT2D eigenvalue weighted by Crippen LogP contribution is -2.46. The minimum Gasteiger partial charge on any atom is -0.454 e. The van der Waals surface area contributed by atoms with Crippen molar-refractivity contribution in [1.29, 1.82) is 0 Å². The summed E-state index contributed by atoms with van der Waals surface area (Å²) in [6, 6.07) is 13.9. The van der Waals surface area contributed by atoms with Crippen molar-refractivity contribution in [3.8, 4) is 11.5 Å². The van der Waals surface area contributed by atoms with Gasteiger partial charge in [0.2, 0.25) is 18.6 Å². The lowest BCUT2D eigenvalue weighted by Gasteiger charge is -2.39. The van der Waals surface area contributed by atoms with Crippen molar-refractivity contribution in [1.82, 2.24) is 10.2 Å². The summed E-state index contributed by atoms with van der Waals surface area (Å²) in [5.41, 5.74) is 3.20. The Kier molecular flexibility index (Phi) is 5.98. The number of carbonyl (C=O) groups is 2. The number of nitrogens with one attached hydrogen (secondary N) is 1. The molecule has 1 N–H and O–H groups in total. The zero-order valence-electron chi connectivity index (χ0n) is 19.0. The first kappa shape index (κ1) is 21.8. The van der Waals surface area contributed by atoms with Crippen molar-refractivity contribution in [2.75, 3.05) is 33.1 Å². The van der Waals surface area contributed by atoms with Gasteiger partial charge in [0.25, 0.3) is 0 Å². The monoisotopic (exact) mass is 450 g/mol. The van der Waals surface area contributed by atoms with E-state index in [4.69, 9.17) is 14.2 Å². The molecular weight excluding hydrogens is 420 g/mol. The van der Waals surface area contributed by atoms with Crippen LogP contribution in [0, 0.1) is 0 Å². The number of amides is 2. The number of ether oxygens (including phenoxy) is 3. The second-order valence-corrected chi connectivity index (χ2v) is 9.12. The molecule has 2 amide bonds. The molecule has 7 heteroatoms. The standard InChI is InChI=1S/C26H30N2O5/c1-18(29)28-11-8-19-4-2-3-5-21(19)22(28)15-25(30)27-16-26(9-12-31-13-10-26)20-6-7-23-24(14-20)33-17-32-23/h2-7,14,22H,8-13,15-17H2,1H3,(H,27,30). The fourth-order valence-electron chi connectivity index (χ4n) is 5.32. The average Bonchev–Trinajstić information content (AvgIpc) is 3.31. The van der Waals surface area contributed by atoms with Crippen LogP contribution >= 0.6 is 0 Å². The number of benzene rings is 2. The van der Waals surface area contributed by atoms with E-state index in [2.05, 4.69) is 17.4 Å². The van der Waals surface area contributed by atoms with Crippen molar-refractivity contribution in [2.24, 2.45) is 0 Å². The van der Waals surface area contributed by atoms with Gasteiger partial charge in [0.15, 0.2) is 11.5 Å². The molecule has 1 fully saturated rings. The fraction of sp³-hybridized carbons (Fsp3) is 0.462. The first-order valence-electron chi connectivity index (χ1n) is 11.7. The van der Waals surface area contributed by atoms with Crippen LogP contribution in [-0.4, -0.2) is 49.8 Å². The first-order chi connectivity index (χ1) is 16.1. The Labute approximate surface area is 194 Å². The summed E-state index contributed by atoms with van der Waals surface area (Å²) in [4.78, 5) is 27.3. The van der Waals surface area contributed by atoms with Gasteiger partial charge in [-0.05, 0) is 48.1 Å². The molecule has 0 spiro atoms. The number of nitrogens with zero attached hydrogens (tertiary/aromatic N) is 1. The molecule has 2 aromatic carbocycles. The number of carbonyl (C=O) groups excluding carboxylic acids is 2. The van der Waals surface area contributed by atoms with E-state index in [1.54, 1.807) is 6.92 Å². The maximum Gasteiger partial charge on any atom is 0.231 e. The Morgan fingerprint density at radius 1 is 1.09 bits per heavy atom. The third-order valence-electron chi connectivity index (χ3n) is 7.25. The number of rotatable bonds is 5. The summed E-state index contributed by atoms with van der Waals surface area (Å²) in [6.07, 6.45) is 2.71. The molecule has 7 nitrogen and oxygen atoms in total. The maximum absolute atomic E-state index is 13.2. The molecule has 0 bridgehead atoms. The molecule has 0 saturated carbocycles. The predicted molar refractivity (Wildman–Crippen MR) is 122 cm³/mol. The van der Waals surface area contributed by atoms with Gasteiger partial charge in [-0.1, -0.05) is 30.3 Å². The summed E-state index contributed by atoms with van der Waals surface area (Å²) in [5, 5.41) is 3.19. The average molecular weight is 451 g/mol. The van der Waals surface area contributed by atoms with Crippen LogP contribution in [0.3, 0.4) is 0 Å². The highest BCUT2D eigenvalue weighted by atomic mass is 16.7. The van der Waals surface area contributed by atoms with Crippen LogP contribution in [0.2, 0.25) is 0 Å². The van der Waals surface area contributed by atoms with Crippen LogP contribution in [0.1, 0.15) is 48.9 Å². The van der Waals surface area contributed by atoms with Crippen molar-refractivity contribution in [3.63, 3.8) is 0 Å². The SMILES string of the molecule is CC(=O)N1CCc2ccccc2C1CC(=O)NCC1(c2ccc3c(c2)OCO3)CCOCC1. The smallest absolute Gasteiger partial charge is 0.231 e. The summed E-state index contributed by atoms with van der Waals surface area (Å²) in [5.74, 6) is 1.46. The largest absolute Gasteiger partial charge is 0.454 e. The fourth-order valence-corrected chi connectivity index (χ4v) is 5.32. The van der Waals surface area contributed by atoms with Crippen LogP contribution in [-0.2, 0) is 26.2 Å². The Bertz CT molecular complexity index is 1050. The molecule has 1 unspecified atom stereocenters. The summed E-state index contributed by atoms with van der Waals surface area (Å²) < 4.78 is 16.7. The minimum atomic E-state index is -0.233. The zero-order chi connectivity index (χ0) is 22.8. The molecule has 1 atom stereocenters. The molecule has 5 rings (SSSR count). The van der Waals surface area contributed by atoms with Gasteiger partial charge in [-0.3, -0.25) is 9.59 Å². The van der Waals surface area contributed by atoms with E-state index in [0.29, 0.717) is 26.3 Å². The number of hydrogen-bond acceptors (Lipinski definition) is 5. The van der Waals surface area contributed by atoms with E-state index in [1.165, 1.54) is 5.56 Å². The highest BCUT2D eigenvalue weighted by molar-refractivity contribution is 5.79. The second kappa shape index (κ2) is 9.06. The lowest BCUT2D eigenvalue weighted by atomic mass is 9.74. The second-order valence-electron chi connectivity index (χ2n) is 9.12. The predicted octanol–water partition coefficient (Wildman–Crippen LogP) is 3.12. The van der Waals surface area contributed by atoms with Gasteiger partial charge >= 0.3 is 0 Å². The molecule has 3 aliphatic rings. The van der Waals surface area contributed by atoms with Crippen molar-refractivity contribution in [2.45, 2.75) is 44.1 Å². The van der Waals surface area contributed by atoms with E-state index >= 15 is 0 Å². The Balaban J connectivity index is 1.33. The minimum absolute atomic E-state index is 0.00330. The Morgan fingerprint density at radius 3 is 2.70 bits per heavy atom.